The molecule has 1 fully saturated rings. The first kappa shape index (κ1) is 17.7. The molecule has 4 rings (SSSR count). The Hall–Kier alpha value is -1.74. The van der Waals surface area contributed by atoms with Crippen molar-refractivity contribution in [3.05, 3.63) is 16.8 Å². The summed E-state index contributed by atoms with van der Waals surface area (Å²) in [6, 6.07) is -0.253. The van der Waals surface area contributed by atoms with Gasteiger partial charge in [-0.3, -0.25) is 4.79 Å². The Bertz CT molecular complexity index is 954. The van der Waals surface area contributed by atoms with Gasteiger partial charge in [-0.25, -0.2) is 18.4 Å². The number of carbonyl (C=O) groups excluding carboxylic acids is 1. The van der Waals surface area contributed by atoms with Crippen LogP contribution < -0.4 is 4.74 Å². The van der Waals surface area contributed by atoms with E-state index in [4.69, 9.17) is 4.74 Å². The van der Waals surface area contributed by atoms with Crippen LogP contribution in [0.2, 0.25) is 0 Å². The smallest absolute Gasteiger partial charge is 0.260 e. The predicted molar refractivity (Wildman–Crippen MR) is 99.4 cm³/mol. The van der Waals surface area contributed by atoms with E-state index < -0.39 is 9.84 Å². The lowest BCUT2D eigenvalue weighted by Crippen LogP contribution is -2.43. The quantitative estimate of drug-likeness (QED) is 0.764. The van der Waals surface area contributed by atoms with Gasteiger partial charge in [0.2, 0.25) is 5.88 Å². The van der Waals surface area contributed by atoms with E-state index in [9.17, 15) is 13.2 Å². The summed E-state index contributed by atoms with van der Waals surface area (Å²) in [4.78, 5) is 25.0. The van der Waals surface area contributed by atoms with Crippen molar-refractivity contribution < 1.29 is 17.9 Å². The summed E-state index contributed by atoms with van der Waals surface area (Å²) < 4.78 is 29.2. The number of aromatic nitrogens is 2. The molecule has 0 radical (unpaired) electrons. The van der Waals surface area contributed by atoms with Crippen LogP contribution in [0.5, 0.6) is 5.88 Å². The van der Waals surface area contributed by atoms with Gasteiger partial charge < -0.3 is 9.64 Å². The van der Waals surface area contributed by atoms with Crippen LogP contribution in [0, 0.1) is 0 Å². The molecule has 1 amide bonds. The number of sulfone groups is 1. The highest BCUT2D eigenvalue weighted by atomic mass is 32.2. The molecule has 1 saturated heterocycles. The van der Waals surface area contributed by atoms with Crippen LogP contribution in [0.15, 0.2) is 6.33 Å². The highest BCUT2D eigenvalue weighted by Gasteiger charge is 2.34. The SMILES string of the molecule is CCN(C(=O)COc1ncnc2sc3c(c12)CCC3)C1CCS(=O)(=O)C1. The molecule has 0 N–H and O–H groups in total. The molecule has 0 aromatic carbocycles. The second-order valence-electron chi connectivity index (χ2n) is 6.74. The third-order valence-corrected chi connectivity index (χ3v) is 8.06. The molecule has 2 aromatic rings. The standard InChI is InChI=1S/C17H21N3O4S2/c1-2-20(11-6-7-26(22,23)9-11)14(21)8-24-16-15-12-4-3-5-13(12)25-17(15)19-10-18-16/h10-11H,2-9H2,1H3. The number of carbonyl (C=O) groups is 1. The van der Waals surface area contributed by atoms with Gasteiger partial charge in [0.15, 0.2) is 16.4 Å². The van der Waals surface area contributed by atoms with Gasteiger partial charge in [0.05, 0.1) is 16.9 Å². The average molecular weight is 396 g/mol. The number of hydrogen-bond donors (Lipinski definition) is 0. The van der Waals surface area contributed by atoms with Crippen molar-refractivity contribution in [3.63, 3.8) is 0 Å². The van der Waals surface area contributed by atoms with E-state index >= 15 is 0 Å². The third kappa shape index (κ3) is 3.18. The maximum atomic E-state index is 12.6. The Morgan fingerprint density at radius 1 is 1.38 bits per heavy atom. The van der Waals surface area contributed by atoms with Crippen LogP contribution in [0.25, 0.3) is 10.2 Å². The van der Waals surface area contributed by atoms with E-state index in [2.05, 4.69) is 9.97 Å². The van der Waals surface area contributed by atoms with Crippen molar-refractivity contribution in [2.24, 2.45) is 0 Å². The molecule has 0 saturated carbocycles. The molecule has 26 heavy (non-hydrogen) atoms. The largest absolute Gasteiger partial charge is 0.467 e. The molecule has 140 valence electrons. The van der Waals surface area contributed by atoms with Crippen molar-refractivity contribution in [2.75, 3.05) is 24.7 Å². The van der Waals surface area contributed by atoms with Crippen LogP contribution in [0.1, 0.15) is 30.2 Å². The van der Waals surface area contributed by atoms with Gasteiger partial charge in [-0.2, -0.15) is 0 Å². The topological polar surface area (TPSA) is 89.5 Å². The number of nitrogens with zero attached hydrogens (tertiary/aromatic N) is 3. The fourth-order valence-electron chi connectivity index (χ4n) is 3.88. The van der Waals surface area contributed by atoms with Crippen molar-refractivity contribution >= 4 is 37.3 Å². The lowest BCUT2D eigenvalue weighted by molar-refractivity contribution is -0.135. The van der Waals surface area contributed by atoms with Gasteiger partial charge in [-0.1, -0.05) is 0 Å². The van der Waals surface area contributed by atoms with E-state index in [0.29, 0.717) is 18.8 Å². The van der Waals surface area contributed by atoms with Crippen molar-refractivity contribution in [3.8, 4) is 5.88 Å². The fraction of sp³-hybridized carbons (Fsp3) is 0.588. The van der Waals surface area contributed by atoms with Gasteiger partial charge in [0, 0.05) is 17.5 Å². The molecule has 3 heterocycles. The molecule has 0 bridgehead atoms. The molecule has 1 aliphatic carbocycles. The van der Waals surface area contributed by atoms with Crippen LogP contribution in [-0.2, 0) is 27.5 Å². The monoisotopic (exact) mass is 395 g/mol. The molecule has 1 aliphatic heterocycles. The summed E-state index contributed by atoms with van der Waals surface area (Å²) in [6.07, 6.45) is 5.15. The first-order chi connectivity index (χ1) is 12.5. The molecule has 2 aromatic heterocycles. The molecule has 0 spiro atoms. The Morgan fingerprint density at radius 2 is 2.23 bits per heavy atom. The summed E-state index contributed by atoms with van der Waals surface area (Å²) >= 11 is 1.67. The van der Waals surface area contributed by atoms with Crippen molar-refractivity contribution in [1.29, 1.82) is 0 Å². The van der Waals surface area contributed by atoms with Crippen LogP contribution in [0.4, 0.5) is 0 Å². The number of likely N-dealkylation sites (N-methyl/N-ethyl adjacent to an activating group) is 1. The Labute approximate surface area is 156 Å². The van der Waals surface area contributed by atoms with E-state index in [1.54, 1.807) is 16.2 Å². The van der Waals surface area contributed by atoms with Crippen molar-refractivity contribution in [2.45, 2.75) is 38.6 Å². The van der Waals surface area contributed by atoms with Gasteiger partial charge in [-0.05, 0) is 38.2 Å². The average Bonchev–Trinajstić information content (AvgIpc) is 3.27. The molecule has 9 heteroatoms. The van der Waals surface area contributed by atoms with Crippen LogP contribution in [-0.4, -0.2) is 59.9 Å². The van der Waals surface area contributed by atoms with Gasteiger partial charge in [0.25, 0.3) is 5.91 Å². The molecule has 1 unspecified atom stereocenters. The molecule has 2 aliphatic rings. The number of rotatable bonds is 5. The first-order valence-corrected chi connectivity index (χ1v) is 11.5. The Kier molecular flexibility index (Phi) is 4.60. The second-order valence-corrected chi connectivity index (χ2v) is 10.1. The zero-order valence-electron chi connectivity index (χ0n) is 14.6. The van der Waals surface area contributed by atoms with Crippen LogP contribution >= 0.6 is 11.3 Å². The summed E-state index contributed by atoms with van der Waals surface area (Å²) in [5.41, 5.74) is 1.25. The van der Waals surface area contributed by atoms with Crippen molar-refractivity contribution in [1.82, 2.24) is 14.9 Å². The Balaban J connectivity index is 1.50. The molecule has 7 nitrogen and oxygen atoms in total. The van der Waals surface area contributed by atoms with Gasteiger partial charge in [-0.15, -0.1) is 11.3 Å². The minimum absolute atomic E-state index is 0.0440. The lowest BCUT2D eigenvalue weighted by Gasteiger charge is -2.26. The number of aryl methyl sites for hydroxylation is 2. The lowest BCUT2D eigenvalue weighted by atomic mass is 10.2. The molecule has 1 atom stereocenters. The highest BCUT2D eigenvalue weighted by molar-refractivity contribution is 7.91. The van der Waals surface area contributed by atoms with E-state index in [0.717, 1.165) is 29.5 Å². The Morgan fingerprint density at radius 3 is 2.96 bits per heavy atom. The van der Waals surface area contributed by atoms with E-state index in [1.165, 1.54) is 16.8 Å². The number of amides is 1. The van der Waals surface area contributed by atoms with Crippen LogP contribution in [0.3, 0.4) is 0 Å². The first-order valence-electron chi connectivity index (χ1n) is 8.86. The zero-order chi connectivity index (χ0) is 18.3. The third-order valence-electron chi connectivity index (χ3n) is 5.11. The minimum atomic E-state index is -3.03. The minimum Gasteiger partial charge on any atom is -0.467 e. The number of ether oxygens (including phenoxy) is 1. The molecular formula is C17H21N3O4S2. The summed E-state index contributed by atoms with van der Waals surface area (Å²) in [7, 11) is -3.03. The number of thiophene rings is 1. The maximum Gasteiger partial charge on any atom is 0.260 e. The van der Waals surface area contributed by atoms with E-state index in [-0.39, 0.29) is 30.1 Å². The maximum absolute atomic E-state index is 12.6. The molecular weight excluding hydrogens is 374 g/mol. The van der Waals surface area contributed by atoms with E-state index in [1.807, 2.05) is 6.92 Å². The van der Waals surface area contributed by atoms with Gasteiger partial charge >= 0.3 is 0 Å². The summed E-state index contributed by atoms with van der Waals surface area (Å²) in [6.45, 7) is 2.19. The number of hydrogen-bond acceptors (Lipinski definition) is 7. The summed E-state index contributed by atoms with van der Waals surface area (Å²) in [5.74, 6) is 0.448. The second kappa shape index (κ2) is 6.77. The fourth-order valence-corrected chi connectivity index (χ4v) is 6.83. The number of fused-ring (bicyclic) bond motifs is 3. The van der Waals surface area contributed by atoms with Gasteiger partial charge in [0.1, 0.15) is 11.2 Å². The predicted octanol–water partition coefficient (Wildman–Crippen LogP) is 1.59. The zero-order valence-corrected chi connectivity index (χ0v) is 16.2. The summed E-state index contributed by atoms with van der Waals surface area (Å²) in [5, 5.41) is 0.935. The highest BCUT2D eigenvalue weighted by Crippen LogP contribution is 2.39. The normalized spacial score (nSPS) is 21.0.